The zero-order valence-corrected chi connectivity index (χ0v) is 12.3. The second-order valence-corrected chi connectivity index (χ2v) is 4.81. The maximum atomic E-state index is 10.5. The summed E-state index contributed by atoms with van der Waals surface area (Å²) in [6, 6.07) is 13.1. The Labute approximate surface area is 120 Å². The van der Waals surface area contributed by atoms with E-state index in [1.54, 1.807) is 26.4 Å². The van der Waals surface area contributed by atoms with E-state index < -0.39 is 6.10 Å². The molecule has 1 atom stereocenters. The average Bonchev–Trinajstić information content (AvgIpc) is 2.47. The predicted octanol–water partition coefficient (Wildman–Crippen LogP) is 3.55. The fraction of sp³-hybridized carbons (Fsp3) is 0.200. The molecule has 19 heavy (non-hydrogen) atoms. The molecule has 0 bridgehead atoms. The van der Waals surface area contributed by atoms with E-state index >= 15 is 0 Å². The largest absolute Gasteiger partial charge is 0.495 e. The normalized spacial score (nSPS) is 12.0. The van der Waals surface area contributed by atoms with Gasteiger partial charge >= 0.3 is 0 Å². The van der Waals surface area contributed by atoms with Crippen LogP contribution in [-0.4, -0.2) is 19.3 Å². The molecular formula is C15H15BrO3. The van der Waals surface area contributed by atoms with Gasteiger partial charge < -0.3 is 14.6 Å². The topological polar surface area (TPSA) is 38.7 Å². The Hall–Kier alpha value is -1.52. The molecule has 4 heteroatoms. The van der Waals surface area contributed by atoms with Crippen molar-refractivity contribution in [2.75, 3.05) is 14.2 Å². The predicted molar refractivity (Wildman–Crippen MR) is 77.7 cm³/mol. The number of hydrogen-bond donors (Lipinski definition) is 1. The smallest absolute Gasteiger partial charge is 0.142 e. The highest BCUT2D eigenvalue weighted by Gasteiger charge is 2.19. The summed E-state index contributed by atoms with van der Waals surface area (Å²) >= 11 is 3.43. The molecule has 0 heterocycles. The molecule has 0 radical (unpaired) electrons. The molecule has 0 saturated carbocycles. The SMILES string of the molecule is COc1ccc(C(O)c2ccccc2)c(OC)c1Br. The number of benzene rings is 2. The van der Waals surface area contributed by atoms with Gasteiger partial charge in [-0.05, 0) is 33.6 Å². The van der Waals surface area contributed by atoms with E-state index in [4.69, 9.17) is 9.47 Å². The molecule has 1 N–H and O–H groups in total. The molecule has 0 aliphatic rings. The van der Waals surface area contributed by atoms with Gasteiger partial charge in [0.05, 0.1) is 14.2 Å². The minimum atomic E-state index is -0.738. The number of hydrogen-bond acceptors (Lipinski definition) is 3. The van der Waals surface area contributed by atoms with Gasteiger partial charge in [0.15, 0.2) is 0 Å². The summed E-state index contributed by atoms with van der Waals surface area (Å²) in [5.74, 6) is 1.25. The molecule has 0 aliphatic carbocycles. The van der Waals surface area contributed by atoms with Gasteiger partial charge in [-0.2, -0.15) is 0 Å². The number of aliphatic hydroxyl groups excluding tert-OH is 1. The van der Waals surface area contributed by atoms with Gasteiger partial charge in [-0.15, -0.1) is 0 Å². The number of methoxy groups -OCH3 is 2. The third-order valence-electron chi connectivity index (χ3n) is 2.93. The molecule has 0 amide bonds. The maximum Gasteiger partial charge on any atom is 0.142 e. The molecule has 1 unspecified atom stereocenters. The van der Waals surface area contributed by atoms with Crippen LogP contribution in [0.4, 0.5) is 0 Å². The average molecular weight is 323 g/mol. The van der Waals surface area contributed by atoms with E-state index in [1.165, 1.54) is 0 Å². The zero-order valence-electron chi connectivity index (χ0n) is 10.8. The van der Waals surface area contributed by atoms with E-state index in [1.807, 2.05) is 30.3 Å². The van der Waals surface area contributed by atoms with Crippen molar-refractivity contribution in [1.29, 1.82) is 0 Å². The van der Waals surface area contributed by atoms with Crippen LogP contribution in [-0.2, 0) is 0 Å². The van der Waals surface area contributed by atoms with Crippen LogP contribution in [0.2, 0.25) is 0 Å². The van der Waals surface area contributed by atoms with Crippen molar-refractivity contribution >= 4 is 15.9 Å². The van der Waals surface area contributed by atoms with E-state index in [0.29, 0.717) is 21.5 Å². The maximum absolute atomic E-state index is 10.5. The molecule has 0 spiro atoms. The van der Waals surface area contributed by atoms with Crippen molar-refractivity contribution in [1.82, 2.24) is 0 Å². The summed E-state index contributed by atoms with van der Waals surface area (Å²) in [6.45, 7) is 0. The molecule has 0 fully saturated rings. The fourth-order valence-electron chi connectivity index (χ4n) is 1.95. The summed E-state index contributed by atoms with van der Waals surface area (Å²) in [5.41, 5.74) is 1.51. The van der Waals surface area contributed by atoms with Gasteiger partial charge in [-0.1, -0.05) is 30.3 Å². The molecule has 100 valence electrons. The van der Waals surface area contributed by atoms with E-state index in [9.17, 15) is 5.11 Å². The van der Waals surface area contributed by atoms with Crippen molar-refractivity contribution in [2.45, 2.75) is 6.10 Å². The van der Waals surface area contributed by atoms with Crippen LogP contribution in [0.1, 0.15) is 17.2 Å². The Morgan fingerprint density at radius 2 is 1.68 bits per heavy atom. The fourth-order valence-corrected chi connectivity index (χ4v) is 2.63. The Balaban J connectivity index is 2.48. The van der Waals surface area contributed by atoms with Crippen LogP contribution in [0.25, 0.3) is 0 Å². The van der Waals surface area contributed by atoms with Gasteiger partial charge in [0.2, 0.25) is 0 Å². The van der Waals surface area contributed by atoms with Crippen molar-refractivity contribution < 1.29 is 14.6 Å². The van der Waals surface area contributed by atoms with Gasteiger partial charge in [0.25, 0.3) is 0 Å². The van der Waals surface area contributed by atoms with Crippen LogP contribution in [0.15, 0.2) is 46.9 Å². The third-order valence-corrected chi connectivity index (χ3v) is 3.68. The van der Waals surface area contributed by atoms with Crippen LogP contribution in [0.3, 0.4) is 0 Å². The molecule has 2 rings (SSSR count). The molecular weight excluding hydrogens is 308 g/mol. The second-order valence-electron chi connectivity index (χ2n) is 4.02. The third kappa shape index (κ3) is 2.74. The lowest BCUT2D eigenvalue weighted by Gasteiger charge is -2.17. The molecule has 3 nitrogen and oxygen atoms in total. The van der Waals surface area contributed by atoms with Crippen LogP contribution < -0.4 is 9.47 Å². The number of halogens is 1. The first-order valence-electron chi connectivity index (χ1n) is 5.82. The Morgan fingerprint density at radius 3 is 2.26 bits per heavy atom. The summed E-state index contributed by atoms with van der Waals surface area (Å²) < 4.78 is 11.3. The minimum absolute atomic E-state index is 0.579. The van der Waals surface area contributed by atoms with Crippen LogP contribution in [0, 0.1) is 0 Å². The standard InChI is InChI=1S/C15H15BrO3/c1-18-12-9-8-11(15(19-2)13(12)16)14(17)10-6-4-3-5-7-10/h3-9,14,17H,1-2H3. The second kappa shape index (κ2) is 6.08. The molecule has 2 aromatic rings. The highest BCUT2D eigenvalue weighted by atomic mass is 79.9. The first-order valence-corrected chi connectivity index (χ1v) is 6.61. The van der Waals surface area contributed by atoms with Crippen molar-refractivity contribution in [3.8, 4) is 11.5 Å². The molecule has 0 saturated heterocycles. The number of rotatable bonds is 4. The lowest BCUT2D eigenvalue weighted by Crippen LogP contribution is -2.03. The summed E-state index contributed by atoms with van der Waals surface area (Å²) in [5, 5.41) is 10.5. The number of aliphatic hydroxyl groups is 1. The lowest BCUT2D eigenvalue weighted by molar-refractivity contribution is 0.214. The van der Waals surface area contributed by atoms with Gasteiger partial charge in [0.1, 0.15) is 22.1 Å². The van der Waals surface area contributed by atoms with Gasteiger partial charge in [-0.3, -0.25) is 0 Å². The van der Waals surface area contributed by atoms with Crippen LogP contribution in [0.5, 0.6) is 11.5 Å². The summed E-state index contributed by atoms with van der Waals surface area (Å²) in [6.07, 6.45) is -0.738. The highest BCUT2D eigenvalue weighted by Crippen LogP contribution is 2.41. The molecule has 2 aromatic carbocycles. The first kappa shape index (κ1) is 13.9. The highest BCUT2D eigenvalue weighted by molar-refractivity contribution is 9.10. The Kier molecular flexibility index (Phi) is 4.45. The Morgan fingerprint density at radius 1 is 1.00 bits per heavy atom. The summed E-state index contributed by atoms with van der Waals surface area (Å²) in [7, 11) is 3.16. The monoisotopic (exact) mass is 322 g/mol. The van der Waals surface area contributed by atoms with Crippen LogP contribution >= 0.6 is 15.9 Å². The summed E-state index contributed by atoms with van der Waals surface area (Å²) in [4.78, 5) is 0. The van der Waals surface area contributed by atoms with Gasteiger partial charge in [0, 0.05) is 5.56 Å². The quantitative estimate of drug-likeness (QED) is 0.935. The molecule has 0 aromatic heterocycles. The van der Waals surface area contributed by atoms with Crippen molar-refractivity contribution in [3.05, 3.63) is 58.1 Å². The first-order chi connectivity index (χ1) is 9.19. The van der Waals surface area contributed by atoms with Crippen molar-refractivity contribution in [2.24, 2.45) is 0 Å². The van der Waals surface area contributed by atoms with E-state index in [0.717, 1.165) is 5.56 Å². The lowest BCUT2D eigenvalue weighted by atomic mass is 10.0. The minimum Gasteiger partial charge on any atom is -0.495 e. The van der Waals surface area contributed by atoms with E-state index in [-0.39, 0.29) is 0 Å². The molecule has 0 aliphatic heterocycles. The van der Waals surface area contributed by atoms with Crippen molar-refractivity contribution in [3.63, 3.8) is 0 Å². The van der Waals surface area contributed by atoms with E-state index in [2.05, 4.69) is 15.9 Å². The number of ether oxygens (including phenoxy) is 2. The van der Waals surface area contributed by atoms with Gasteiger partial charge in [-0.25, -0.2) is 0 Å². The zero-order chi connectivity index (χ0) is 13.8. The Bertz CT molecular complexity index is 555.